The number of aliphatic hydroxyl groups excluding tert-OH is 1. The van der Waals surface area contributed by atoms with E-state index >= 15 is 0 Å². The molecule has 1 amide bonds. The minimum Gasteiger partial charge on any atom is -0.478 e. The molecule has 0 aliphatic carbocycles. The Hall–Kier alpha value is -2.64. The van der Waals surface area contributed by atoms with Crippen LogP contribution in [0.2, 0.25) is 0 Å². The van der Waals surface area contributed by atoms with Crippen molar-refractivity contribution in [3.05, 3.63) is 54.3 Å². The molecule has 1 saturated heterocycles. The third-order valence-corrected chi connectivity index (χ3v) is 6.03. The SMILES string of the molecule is O=C1C(CCO)Oc2ccccc2N1CCCCN1CCN(c2ccc(F)cc2)CC1. The normalized spacial score (nSPS) is 19.3. The summed E-state index contributed by atoms with van der Waals surface area (Å²) in [6.07, 6.45) is 1.61. The number of rotatable bonds is 8. The predicted octanol–water partition coefficient (Wildman–Crippen LogP) is 2.90. The van der Waals surface area contributed by atoms with Gasteiger partial charge in [-0.3, -0.25) is 9.69 Å². The van der Waals surface area contributed by atoms with Crippen molar-refractivity contribution < 1.29 is 19.0 Å². The molecule has 6 nitrogen and oxygen atoms in total. The van der Waals surface area contributed by atoms with Gasteiger partial charge in [0.2, 0.25) is 0 Å². The topological polar surface area (TPSA) is 56.3 Å². The molecule has 0 spiro atoms. The molecule has 2 aromatic rings. The summed E-state index contributed by atoms with van der Waals surface area (Å²) >= 11 is 0. The number of hydrogen-bond acceptors (Lipinski definition) is 5. The zero-order valence-electron chi connectivity index (χ0n) is 17.8. The number of aliphatic hydroxyl groups is 1. The van der Waals surface area contributed by atoms with Gasteiger partial charge in [0.15, 0.2) is 6.10 Å². The van der Waals surface area contributed by atoms with E-state index in [1.165, 1.54) is 12.1 Å². The van der Waals surface area contributed by atoms with Crippen molar-refractivity contribution in [1.29, 1.82) is 0 Å². The first-order valence-electron chi connectivity index (χ1n) is 11.1. The number of piperazine rings is 1. The summed E-state index contributed by atoms with van der Waals surface area (Å²) in [5.74, 6) is 0.435. The molecule has 7 heteroatoms. The number of nitrogens with zero attached hydrogens (tertiary/aromatic N) is 3. The van der Waals surface area contributed by atoms with Gasteiger partial charge in [-0.15, -0.1) is 0 Å². The number of para-hydroxylation sites is 2. The van der Waals surface area contributed by atoms with Crippen LogP contribution in [0.3, 0.4) is 0 Å². The van der Waals surface area contributed by atoms with Crippen molar-refractivity contribution in [3.63, 3.8) is 0 Å². The molecule has 1 fully saturated rings. The van der Waals surface area contributed by atoms with Crippen molar-refractivity contribution in [2.45, 2.75) is 25.4 Å². The van der Waals surface area contributed by atoms with Gasteiger partial charge >= 0.3 is 0 Å². The van der Waals surface area contributed by atoms with Gasteiger partial charge in [-0.1, -0.05) is 12.1 Å². The van der Waals surface area contributed by atoms with Crippen LogP contribution < -0.4 is 14.5 Å². The third kappa shape index (κ3) is 5.17. The maximum absolute atomic E-state index is 13.1. The van der Waals surface area contributed by atoms with Crippen LogP contribution in [-0.4, -0.2) is 67.9 Å². The molecular weight excluding hydrogens is 397 g/mol. The van der Waals surface area contributed by atoms with E-state index in [9.17, 15) is 14.3 Å². The van der Waals surface area contributed by atoms with Crippen LogP contribution in [0.15, 0.2) is 48.5 Å². The van der Waals surface area contributed by atoms with E-state index < -0.39 is 6.10 Å². The molecule has 0 bridgehead atoms. The number of carbonyl (C=O) groups is 1. The number of ether oxygens (including phenoxy) is 1. The van der Waals surface area contributed by atoms with E-state index in [4.69, 9.17) is 4.74 Å². The quantitative estimate of drug-likeness (QED) is 0.657. The molecule has 2 heterocycles. The monoisotopic (exact) mass is 427 g/mol. The molecule has 1 unspecified atom stereocenters. The Morgan fingerprint density at radius 2 is 1.68 bits per heavy atom. The number of unbranched alkanes of at least 4 members (excludes halogenated alkanes) is 1. The Balaban J connectivity index is 1.24. The Kier molecular flexibility index (Phi) is 7.04. The Bertz CT molecular complexity index is 869. The van der Waals surface area contributed by atoms with Crippen LogP contribution in [0, 0.1) is 5.82 Å². The molecule has 1 N–H and O–H groups in total. The molecule has 0 saturated carbocycles. The van der Waals surface area contributed by atoms with Gasteiger partial charge < -0.3 is 19.6 Å². The fraction of sp³-hybridized carbons (Fsp3) is 0.458. The fourth-order valence-corrected chi connectivity index (χ4v) is 4.29. The molecule has 2 aliphatic rings. The molecule has 4 rings (SSSR count). The van der Waals surface area contributed by atoms with E-state index in [0.717, 1.165) is 56.9 Å². The highest BCUT2D eigenvalue weighted by Gasteiger charge is 2.33. The van der Waals surface area contributed by atoms with Crippen molar-refractivity contribution in [3.8, 4) is 5.75 Å². The lowest BCUT2D eigenvalue weighted by Crippen LogP contribution is -2.47. The van der Waals surface area contributed by atoms with E-state index in [1.54, 1.807) is 0 Å². The highest BCUT2D eigenvalue weighted by Crippen LogP contribution is 2.34. The molecule has 2 aromatic carbocycles. The second kappa shape index (κ2) is 10.1. The molecule has 0 aromatic heterocycles. The summed E-state index contributed by atoms with van der Waals surface area (Å²) < 4.78 is 18.9. The standard InChI is InChI=1S/C24H30FN3O3/c25-19-7-9-20(10-8-19)27-16-14-26(15-17-27)12-3-4-13-28-21-5-1-2-6-22(21)31-23(11-18-29)24(28)30/h1-2,5-10,23,29H,3-4,11-18H2. The summed E-state index contributed by atoms with van der Waals surface area (Å²) in [6, 6.07) is 14.3. The average molecular weight is 428 g/mol. The number of hydrogen-bond donors (Lipinski definition) is 1. The van der Waals surface area contributed by atoms with Gasteiger partial charge in [0.25, 0.3) is 5.91 Å². The van der Waals surface area contributed by atoms with Crippen molar-refractivity contribution in [2.24, 2.45) is 0 Å². The lowest BCUT2D eigenvalue weighted by Gasteiger charge is -2.36. The van der Waals surface area contributed by atoms with Gasteiger partial charge in [0.05, 0.1) is 5.69 Å². The second-order valence-electron chi connectivity index (χ2n) is 8.09. The van der Waals surface area contributed by atoms with Gasteiger partial charge in [0.1, 0.15) is 11.6 Å². The second-order valence-corrected chi connectivity index (χ2v) is 8.09. The number of amides is 1. The maximum Gasteiger partial charge on any atom is 0.268 e. The molecular formula is C24H30FN3O3. The van der Waals surface area contributed by atoms with Gasteiger partial charge in [-0.25, -0.2) is 4.39 Å². The number of carbonyl (C=O) groups excluding carboxylic acids is 1. The molecule has 2 aliphatic heterocycles. The lowest BCUT2D eigenvalue weighted by atomic mass is 10.1. The summed E-state index contributed by atoms with van der Waals surface area (Å²) in [6.45, 7) is 5.41. The average Bonchev–Trinajstić information content (AvgIpc) is 2.80. The minimum absolute atomic E-state index is 0.0688. The van der Waals surface area contributed by atoms with E-state index in [2.05, 4.69) is 9.80 Å². The van der Waals surface area contributed by atoms with E-state index in [-0.39, 0.29) is 18.3 Å². The number of benzene rings is 2. The van der Waals surface area contributed by atoms with Crippen LogP contribution >= 0.6 is 0 Å². The highest BCUT2D eigenvalue weighted by molar-refractivity contribution is 6.00. The molecule has 0 radical (unpaired) electrons. The zero-order valence-corrected chi connectivity index (χ0v) is 17.8. The summed E-state index contributed by atoms with van der Waals surface area (Å²) in [7, 11) is 0. The largest absolute Gasteiger partial charge is 0.478 e. The fourth-order valence-electron chi connectivity index (χ4n) is 4.29. The van der Waals surface area contributed by atoms with Crippen molar-refractivity contribution in [1.82, 2.24) is 4.90 Å². The maximum atomic E-state index is 13.1. The van der Waals surface area contributed by atoms with Crippen LogP contribution in [-0.2, 0) is 4.79 Å². The van der Waals surface area contributed by atoms with Crippen LogP contribution in [0.25, 0.3) is 0 Å². The van der Waals surface area contributed by atoms with Crippen LogP contribution in [0.5, 0.6) is 5.75 Å². The minimum atomic E-state index is -0.612. The first-order chi connectivity index (χ1) is 15.2. The first kappa shape index (κ1) is 21.6. The Morgan fingerprint density at radius 1 is 0.968 bits per heavy atom. The molecule has 166 valence electrons. The van der Waals surface area contributed by atoms with Crippen molar-refractivity contribution >= 4 is 17.3 Å². The number of anilines is 2. The zero-order chi connectivity index (χ0) is 21.6. The van der Waals surface area contributed by atoms with E-state index in [1.807, 2.05) is 41.3 Å². The Labute approximate surface area is 182 Å². The summed E-state index contributed by atoms with van der Waals surface area (Å²) in [5, 5.41) is 9.26. The van der Waals surface area contributed by atoms with Gasteiger partial charge in [-0.05, 0) is 55.8 Å². The first-order valence-corrected chi connectivity index (χ1v) is 11.1. The number of fused-ring (bicyclic) bond motifs is 1. The molecule has 1 atom stereocenters. The van der Waals surface area contributed by atoms with Crippen LogP contribution in [0.1, 0.15) is 19.3 Å². The van der Waals surface area contributed by atoms with Crippen LogP contribution in [0.4, 0.5) is 15.8 Å². The van der Waals surface area contributed by atoms with Crippen molar-refractivity contribution in [2.75, 3.05) is 55.7 Å². The summed E-state index contributed by atoms with van der Waals surface area (Å²) in [4.78, 5) is 19.4. The predicted molar refractivity (Wildman–Crippen MR) is 119 cm³/mol. The van der Waals surface area contributed by atoms with E-state index in [0.29, 0.717) is 18.7 Å². The lowest BCUT2D eigenvalue weighted by molar-refractivity contribution is -0.127. The van der Waals surface area contributed by atoms with Gasteiger partial charge in [-0.2, -0.15) is 0 Å². The summed E-state index contributed by atoms with van der Waals surface area (Å²) in [5.41, 5.74) is 1.89. The van der Waals surface area contributed by atoms with Gasteiger partial charge in [0, 0.05) is 51.4 Å². The Morgan fingerprint density at radius 3 is 2.42 bits per heavy atom. The molecule has 31 heavy (non-hydrogen) atoms. The highest BCUT2D eigenvalue weighted by atomic mass is 19.1. The third-order valence-electron chi connectivity index (χ3n) is 6.03. The smallest absolute Gasteiger partial charge is 0.268 e. The number of halogens is 1.